The summed E-state index contributed by atoms with van der Waals surface area (Å²) < 4.78 is 0. The highest BCUT2D eigenvalue weighted by Crippen LogP contribution is 2.23. The molecular weight excluding hydrogens is 166 g/mol. The van der Waals surface area contributed by atoms with Crippen LogP contribution in [0.5, 0.6) is 0 Å². The van der Waals surface area contributed by atoms with Gasteiger partial charge in [-0.3, -0.25) is 4.90 Å². The van der Waals surface area contributed by atoms with Gasteiger partial charge in [-0.25, -0.2) is 4.79 Å². The van der Waals surface area contributed by atoms with Crippen LogP contribution in [0.4, 0.5) is 0 Å². The van der Waals surface area contributed by atoms with Crippen LogP contribution in [0, 0.1) is 0 Å². The fraction of sp³-hybridized carbons (Fsp3) is 0.700. The lowest BCUT2D eigenvalue weighted by molar-refractivity contribution is -0.132. The number of carboxylic acid groups (broad SMARTS) is 1. The molecule has 1 fully saturated rings. The Labute approximate surface area is 79.0 Å². The first-order valence-corrected chi connectivity index (χ1v) is 4.71. The highest BCUT2D eigenvalue weighted by Gasteiger charge is 2.20. The van der Waals surface area contributed by atoms with Crippen LogP contribution in [0.3, 0.4) is 0 Å². The van der Waals surface area contributed by atoms with E-state index in [-0.39, 0.29) is 0 Å². The molecule has 1 rings (SSSR count). The minimum Gasteiger partial charge on any atom is -0.478 e. The Bertz CT molecular complexity index is 219. The molecule has 3 heteroatoms. The summed E-state index contributed by atoms with van der Waals surface area (Å²) in [4.78, 5) is 12.7. The summed E-state index contributed by atoms with van der Waals surface area (Å²) in [7, 11) is 2.05. The van der Waals surface area contributed by atoms with Gasteiger partial charge in [-0.1, -0.05) is 12.5 Å². The van der Waals surface area contributed by atoms with E-state index in [4.69, 9.17) is 5.11 Å². The van der Waals surface area contributed by atoms with Gasteiger partial charge >= 0.3 is 5.97 Å². The molecule has 1 aliphatic carbocycles. The Balaban J connectivity index is 2.31. The summed E-state index contributed by atoms with van der Waals surface area (Å²) >= 11 is 0. The van der Waals surface area contributed by atoms with Gasteiger partial charge in [0.05, 0.1) is 0 Å². The van der Waals surface area contributed by atoms with Crippen LogP contribution in [0.25, 0.3) is 0 Å². The molecule has 0 saturated heterocycles. The van der Waals surface area contributed by atoms with Gasteiger partial charge in [0.1, 0.15) is 0 Å². The van der Waals surface area contributed by atoms with E-state index in [0.29, 0.717) is 11.6 Å². The van der Waals surface area contributed by atoms with Gasteiger partial charge in [0, 0.05) is 18.2 Å². The molecule has 0 aromatic rings. The SMILES string of the molecule is C/C(=C/CN(C)C1CCC1)C(=O)O. The van der Waals surface area contributed by atoms with Gasteiger partial charge in [0.25, 0.3) is 0 Å². The minimum atomic E-state index is -0.818. The monoisotopic (exact) mass is 183 g/mol. The fourth-order valence-electron chi connectivity index (χ4n) is 1.34. The summed E-state index contributed by atoms with van der Waals surface area (Å²) in [6.45, 7) is 2.39. The zero-order valence-corrected chi connectivity index (χ0v) is 8.29. The Morgan fingerprint density at radius 1 is 1.62 bits per heavy atom. The van der Waals surface area contributed by atoms with Crippen molar-refractivity contribution in [1.29, 1.82) is 0 Å². The highest BCUT2D eigenvalue weighted by molar-refractivity contribution is 5.85. The molecule has 1 saturated carbocycles. The molecule has 0 atom stereocenters. The number of hydrogen-bond donors (Lipinski definition) is 1. The molecule has 0 heterocycles. The second-order valence-electron chi connectivity index (χ2n) is 3.72. The molecule has 13 heavy (non-hydrogen) atoms. The van der Waals surface area contributed by atoms with E-state index >= 15 is 0 Å². The zero-order valence-electron chi connectivity index (χ0n) is 8.29. The molecule has 0 aliphatic heterocycles. The molecule has 0 spiro atoms. The standard InChI is InChI=1S/C10H17NO2/c1-8(10(12)13)6-7-11(2)9-4-3-5-9/h6,9H,3-5,7H2,1-2H3,(H,12,13)/b8-6-. The molecule has 0 aromatic heterocycles. The van der Waals surface area contributed by atoms with Gasteiger partial charge in [0.15, 0.2) is 0 Å². The topological polar surface area (TPSA) is 40.5 Å². The van der Waals surface area contributed by atoms with Gasteiger partial charge in [-0.15, -0.1) is 0 Å². The largest absolute Gasteiger partial charge is 0.478 e. The summed E-state index contributed by atoms with van der Waals surface area (Å²) in [6.07, 6.45) is 5.62. The number of carboxylic acids is 1. The predicted octanol–water partition coefficient (Wildman–Crippen LogP) is 1.50. The summed E-state index contributed by atoms with van der Waals surface area (Å²) in [5.74, 6) is -0.818. The third kappa shape index (κ3) is 2.84. The molecule has 0 unspecified atom stereocenters. The third-order valence-electron chi connectivity index (χ3n) is 2.72. The van der Waals surface area contributed by atoms with Crippen LogP contribution in [-0.4, -0.2) is 35.6 Å². The molecule has 0 radical (unpaired) electrons. The van der Waals surface area contributed by atoms with E-state index in [1.165, 1.54) is 19.3 Å². The lowest BCUT2D eigenvalue weighted by Crippen LogP contribution is -2.37. The molecule has 0 aromatic carbocycles. The van der Waals surface area contributed by atoms with Crippen molar-refractivity contribution in [3.05, 3.63) is 11.6 Å². The average Bonchev–Trinajstić information content (AvgIpc) is 1.96. The van der Waals surface area contributed by atoms with E-state index in [2.05, 4.69) is 11.9 Å². The van der Waals surface area contributed by atoms with E-state index < -0.39 is 5.97 Å². The molecule has 3 nitrogen and oxygen atoms in total. The third-order valence-corrected chi connectivity index (χ3v) is 2.72. The van der Waals surface area contributed by atoms with E-state index in [9.17, 15) is 4.79 Å². The molecule has 1 aliphatic rings. The van der Waals surface area contributed by atoms with Crippen molar-refractivity contribution in [3.8, 4) is 0 Å². The van der Waals surface area contributed by atoms with Crippen molar-refractivity contribution in [2.75, 3.05) is 13.6 Å². The van der Waals surface area contributed by atoms with E-state index in [0.717, 1.165) is 6.54 Å². The number of carbonyl (C=O) groups is 1. The molecule has 0 bridgehead atoms. The van der Waals surface area contributed by atoms with Crippen LogP contribution in [-0.2, 0) is 4.79 Å². The van der Waals surface area contributed by atoms with Crippen LogP contribution in [0.2, 0.25) is 0 Å². The highest BCUT2D eigenvalue weighted by atomic mass is 16.4. The number of likely N-dealkylation sites (N-methyl/N-ethyl adjacent to an activating group) is 1. The van der Waals surface area contributed by atoms with Crippen molar-refractivity contribution in [3.63, 3.8) is 0 Å². The van der Waals surface area contributed by atoms with Gasteiger partial charge in [-0.2, -0.15) is 0 Å². The Morgan fingerprint density at radius 3 is 2.62 bits per heavy atom. The summed E-state index contributed by atoms with van der Waals surface area (Å²) in [6, 6.07) is 0.679. The van der Waals surface area contributed by atoms with Crippen LogP contribution in [0.15, 0.2) is 11.6 Å². The molecule has 74 valence electrons. The fourth-order valence-corrected chi connectivity index (χ4v) is 1.34. The van der Waals surface area contributed by atoms with Crippen molar-refractivity contribution >= 4 is 5.97 Å². The smallest absolute Gasteiger partial charge is 0.330 e. The molecular formula is C10H17NO2. The van der Waals surface area contributed by atoms with Crippen molar-refractivity contribution in [1.82, 2.24) is 4.90 Å². The number of aliphatic carboxylic acids is 1. The van der Waals surface area contributed by atoms with E-state index in [1.807, 2.05) is 0 Å². The van der Waals surface area contributed by atoms with Gasteiger partial charge in [0.2, 0.25) is 0 Å². The number of nitrogens with zero attached hydrogens (tertiary/aromatic N) is 1. The quantitative estimate of drug-likeness (QED) is 0.671. The summed E-state index contributed by atoms with van der Waals surface area (Å²) in [5, 5.41) is 8.62. The van der Waals surface area contributed by atoms with Crippen LogP contribution in [0.1, 0.15) is 26.2 Å². The van der Waals surface area contributed by atoms with E-state index in [1.54, 1.807) is 13.0 Å². The van der Waals surface area contributed by atoms with Crippen LogP contribution >= 0.6 is 0 Å². The molecule has 0 amide bonds. The maximum absolute atomic E-state index is 10.5. The summed E-state index contributed by atoms with van der Waals surface area (Å²) in [5.41, 5.74) is 0.436. The normalized spacial score (nSPS) is 18.8. The second-order valence-corrected chi connectivity index (χ2v) is 3.72. The van der Waals surface area contributed by atoms with Gasteiger partial charge in [-0.05, 0) is 26.8 Å². The maximum Gasteiger partial charge on any atom is 0.330 e. The lowest BCUT2D eigenvalue weighted by Gasteiger charge is -2.34. The maximum atomic E-state index is 10.5. The van der Waals surface area contributed by atoms with Crippen LogP contribution < -0.4 is 0 Å². The second kappa shape index (κ2) is 4.42. The Morgan fingerprint density at radius 2 is 2.23 bits per heavy atom. The first-order chi connectivity index (χ1) is 6.11. The molecule has 1 N–H and O–H groups in total. The number of rotatable bonds is 4. The Kier molecular flexibility index (Phi) is 3.48. The average molecular weight is 183 g/mol. The Hall–Kier alpha value is -0.830. The first kappa shape index (κ1) is 10.3. The van der Waals surface area contributed by atoms with Crippen molar-refractivity contribution in [2.45, 2.75) is 32.2 Å². The lowest BCUT2D eigenvalue weighted by atomic mass is 9.92. The zero-order chi connectivity index (χ0) is 9.84. The van der Waals surface area contributed by atoms with Crippen molar-refractivity contribution < 1.29 is 9.90 Å². The van der Waals surface area contributed by atoms with Gasteiger partial charge < -0.3 is 5.11 Å². The number of hydrogen-bond acceptors (Lipinski definition) is 2. The minimum absolute atomic E-state index is 0.436. The predicted molar refractivity (Wildman–Crippen MR) is 51.7 cm³/mol. The first-order valence-electron chi connectivity index (χ1n) is 4.71. The van der Waals surface area contributed by atoms with Crippen molar-refractivity contribution in [2.24, 2.45) is 0 Å².